The first-order valence-electron chi connectivity index (χ1n) is 10.1. The summed E-state index contributed by atoms with van der Waals surface area (Å²) in [6.45, 7) is 6.17. The average Bonchev–Trinajstić information content (AvgIpc) is 3.26. The molecule has 0 fully saturated rings. The van der Waals surface area contributed by atoms with Gasteiger partial charge in [-0.3, -0.25) is 0 Å². The molecule has 29 heavy (non-hydrogen) atoms. The minimum absolute atomic E-state index is 0.863. The van der Waals surface area contributed by atoms with Crippen molar-refractivity contribution < 1.29 is 0 Å². The maximum absolute atomic E-state index is 5.00. The quantitative estimate of drug-likeness (QED) is 0.392. The molecule has 0 aliphatic rings. The monoisotopic (exact) mass is 380 g/mol. The predicted molar refractivity (Wildman–Crippen MR) is 121 cm³/mol. The maximum atomic E-state index is 5.00. The highest BCUT2D eigenvalue weighted by Crippen LogP contribution is 2.32. The molecule has 2 aromatic heterocycles. The van der Waals surface area contributed by atoms with E-state index in [1.165, 1.54) is 5.56 Å². The van der Waals surface area contributed by atoms with Gasteiger partial charge >= 0.3 is 0 Å². The van der Waals surface area contributed by atoms with Gasteiger partial charge in [-0.05, 0) is 24.1 Å². The number of aromatic nitrogens is 4. The number of imidazole rings is 1. The number of nitrogens with zero attached hydrogens (tertiary/aromatic N) is 3. The zero-order valence-corrected chi connectivity index (χ0v) is 17.0. The molecule has 0 atom stereocenters. The van der Waals surface area contributed by atoms with E-state index in [0.717, 1.165) is 51.0 Å². The van der Waals surface area contributed by atoms with Crippen molar-refractivity contribution in [2.75, 3.05) is 0 Å². The van der Waals surface area contributed by atoms with Gasteiger partial charge in [-0.25, -0.2) is 15.0 Å². The molecule has 4 heteroatoms. The number of H-pyrrole nitrogens is 1. The second kappa shape index (κ2) is 8.23. The Bertz CT molecular complexity index is 1240. The van der Waals surface area contributed by atoms with Crippen molar-refractivity contribution in [1.82, 2.24) is 19.9 Å². The summed E-state index contributed by atoms with van der Waals surface area (Å²) < 4.78 is 0. The molecule has 0 spiro atoms. The zero-order valence-electron chi connectivity index (χ0n) is 17.0. The van der Waals surface area contributed by atoms with Crippen molar-refractivity contribution in [3.63, 3.8) is 0 Å². The lowest BCUT2D eigenvalue weighted by molar-refractivity contribution is 1.14. The van der Waals surface area contributed by atoms with Gasteiger partial charge < -0.3 is 4.98 Å². The molecular weight excluding hydrogens is 356 g/mol. The third kappa shape index (κ3) is 3.61. The Morgan fingerprint density at radius 1 is 0.759 bits per heavy atom. The number of nitrogens with one attached hydrogen (secondary N) is 1. The molecule has 0 unspecified atom stereocenters. The first-order chi connectivity index (χ1) is 14.3. The molecule has 5 rings (SSSR count). The summed E-state index contributed by atoms with van der Waals surface area (Å²) in [5.41, 5.74) is 9.05. The number of rotatable bonds is 3. The fourth-order valence-corrected chi connectivity index (χ4v) is 3.41. The second-order valence-corrected chi connectivity index (χ2v) is 6.61. The molecule has 0 aliphatic carbocycles. The summed E-state index contributed by atoms with van der Waals surface area (Å²) in [7, 11) is 0. The van der Waals surface area contributed by atoms with Crippen molar-refractivity contribution in [2.24, 2.45) is 0 Å². The highest BCUT2D eigenvalue weighted by Gasteiger charge is 2.13. The van der Waals surface area contributed by atoms with Gasteiger partial charge in [-0.15, -0.1) is 0 Å². The van der Waals surface area contributed by atoms with Crippen LogP contribution in [0.3, 0.4) is 0 Å². The maximum Gasteiger partial charge on any atom is 0.116 e. The highest BCUT2D eigenvalue weighted by molar-refractivity contribution is 5.94. The molecule has 144 valence electrons. The van der Waals surface area contributed by atoms with E-state index in [-0.39, 0.29) is 0 Å². The van der Waals surface area contributed by atoms with E-state index < -0.39 is 0 Å². The van der Waals surface area contributed by atoms with Crippen LogP contribution < -0.4 is 0 Å². The molecular formula is C25H24N4. The van der Waals surface area contributed by atoms with Crippen molar-refractivity contribution in [3.8, 4) is 22.5 Å². The lowest BCUT2D eigenvalue weighted by Gasteiger charge is -2.12. The molecule has 0 bridgehead atoms. The summed E-state index contributed by atoms with van der Waals surface area (Å²) in [5.74, 6) is 0. The van der Waals surface area contributed by atoms with Gasteiger partial charge in [0.2, 0.25) is 0 Å². The first-order valence-corrected chi connectivity index (χ1v) is 10.1. The Labute approximate surface area is 170 Å². The van der Waals surface area contributed by atoms with Crippen molar-refractivity contribution in [2.45, 2.75) is 27.2 Å². The van der Waals surface area contributed by atoms with Crippen molar-refractivity contribution in [3.05, 3.63) is 78.6 Å². The largest absolute Gasteiger partial charge is 0.351 e. The molecule has 3 aromatic carbocycles. The van der Waals surface area contributed by atoms with Gasteiger partial charge in [0, 0.05) is 11.1 Å². The number of hydrogen-bond acceptors (Lipinski definition) is 3. The third-order valence-corrected chi connectivity index (χ3v) is 4.91. The average molecular weight is 380 g/mol. The van der Waals surface area contributed by atoms with Gasteiger partial charge in [-0.2, -0.15) is 0 Å². The number of aryl methyl sites for hydroxylation is 1. The number of fused-ring (bicyclic) bond motifs is 2. The zero-order chi connectivity index (χ0) is 20.2. The van der Waals surface area contributed by atoms with E-state index in [2.05, 4.69) is 58.3 Å². The smallest absolute Gasteiger partial charge is 0.116 e. The summed E-state index contributed by atoms with van der Waals surface area (Å²) in [6, 6.07) is 23.0. The number of benzene rings is 3. The normalized spacial score (nSPS) is 10.7. The number of aromatic amines is 1. The molecule has 4 nitrogen and oxygen atoms in total. The Hall–Kier alpha value is -3.53. The van der Waals surface area contributed by atoms with Crippen LogP contribution in [0.5, 0.6) is 0 Å². The van der Waals surface area contributed by atoms with Gasteiger partial charge in [0.25, 0.3) is 0 Å². The Morgan fingerprint density at radius 3 is 2.14 bits per heavy atom. The Kier molecular flexibility index (Phi) is 5.34. The van der Waals surface area contributed by atoms with E-state index in [4.69, 9.17) is 4.98 Å². The van der Waals surface area contributed by atoms with Crippen LogP contribution in [0.4, 0.5) is 0 Å². The summed E-state index contributed by atoms with van der Waals surface area (Å²) in [6.07, 6.45) is 2.62. The molecule has 1 N–H and O–H groups in total. The van der Waals surface area contributed by atoms with E-state index in [1.54, 1.807) is 6.33 Å². The highest BCUT2D eigenvalue weighted by atomic mass is 14.9. The van der Waals surface area contributed by atoms with Gasteiger partial charge in [0.05, 0.1) is 33.5 Å². The van der Waals surface area contributed by atoms with Gasteiger partial charge in [0.1, 0.15) is 6.33 Å². The lowest BCUT2D eigenvalue weighted by atomic mass is 10.0. The van der Waals surface area contributed by atoms with E-state index in [0.29, 0.717) is 0 Å². The minimum atomic E-state index is 0.863. The van der Waals surface area contributed by atoms with Crippen molar-refractivity contribution in [1.29, 1.82) is 0 Å². The second-order valence-electron chi connectivity index (χ2n) is 6.61. The Balaban J connectivity index is 0.000000994. The molecule has 0 radical (unpaired) electrons. The molecule has 0 saturated carbocycles. The summed E-state index contributed by atoms with van der Waals surface area (Å²) >= 11 is 0. The van der Waals surface area contributed by atoms with Crippen LogP contribution in [0.2, 0.25) is 0 Å². The van der Waals surface area contributed by atoms with Crippen LogP contribution in [0.25, 0.3) is 44.6 Å². The van der Waals surface area contributed by atoms with Crippen LogP contribution in [-0.4, -0.2) is 19.9 Å². The Morgan fingerprint density at radius 2 is 1.45 bits per heavy atom. The SMILES string of the molecule is CC.CCc1ccc(-c2[nH]c3cc4ncnc4cc3nc2-c2ccccc2)cc1. The molecule has 5 aromatic rings. The molecule has 2 heterocycles. The van der Waals surface area contributed by atoms with Crippen LogP contribution in [0, 0.1) is 0 Å². The van der Waals surface area contributed by atoms with Crippen LogP contribution in [0.1, 0.15) is 26.3 Å². The summed E-state index contributed by atoms with van der Waals surface area (Å²) in [4.78, 5) is 17.2. The topological polar surface area (TPSA) is 54.5 Å². The molecule has 0 aliphatic heterocycles. The molecule has 0 amide bonds. The summed E-state index contributed by atoms with van der Waals surface area (Å²) in [5, 5.41) is 0. The van der Waals surface area contributed by atoms with Gasteiger partial charge in [0.15, 0.2) is 0 Å². The third-order valence-electron chi connectivity index (χ3n) is 4.91. The van der Waals surface area contributed by atoms with E-state index >= 15 is 0 Å². The fraction of sp³-hybridized carbons (Fsp3) is 0.160. The fourth-order valence-electron chi connectivity index (χ4n) is 3.41. The number of hydrogen-bond donors (Lipinski definition) is 1. The van der Waals surface area contributed by atoms with Crippen LogP contribution >= 0.6 is 0 Å². The molecule has 0 saturated heterocycles. The first kappa shape index (κ1) is 18.8. The van der Waals surface area contributed by atoms with Crippen molar-refractivity contribution >= 4 is 22.1 Å². The van der Waals surface area contributed by atoms with E-state index in [1.807, 2.05) is 44.2 Å². The van der Waals surface area contributed by atoms with Gasteiger partial charge in [-0.1, -0.05) is 75.4 Å². The van der Waals surface area contributed by atoms with Crippen LogP contribution in [-0.2, 0) is 6.42 Å². The lowest BCUT2D eigenvalue weighted by Crippen LogP contribution is -1.96. The minimum Gasteiger partial charge on any atom is -0.351 e. The predicted octanol–water partition coefficient (Wildman–Crippen LogP) is 6.43. The van der Waals surface area contributed by atoms with Crippen LogP contribution in [0.15, 0.2) is 73.1 Å². The van der Waals surface area contributed by atoms with E-state index in [9.17, 15) is 0 Å². The standard InChI is InChI=1S/C23H18N4.C2H6/c1-2-15-8-10-17(11-9-15)23-22(16-6-4-3-5-7-16)26-20-12-18-19(25-14-24-18)13-21(20)27-23;1-2/h3-14,27H,2H2,1H3;1-2H3.